The van der Waals surface area contributed by atoms with E-state index in [9.17, 15) is 9.59 Å². The van der Waals surface area contributed by atoms with Gasteiger partial charge in [-0.25, -0.2) is 0 Å². The first-order chi connectivity index (χ1) is 13.2. The Kier molecular flexibility index (Phi) is 5.03. The second-order valence-corrected chi connectivity index (χ2v) is 7.58. The number of nitrogens with zero attached hydrogens (tertiary/aromatic N) is 1. The molecule has 0 spiro atoms. The molecule has 1 aliphatic rings. The lowest BCUT2D eigenvalue weighted by Crippen LogP contribution is -2.28. The van der Waals surface area contributed by atoms with E-state index in [0.717, 1.165) is 29.8 Å². The summed E-state index contributed by atoms with van der Waals surface area (Å²) in [5, 5.41) is 5.00. The first-order valence-corrected chi connectivity index (χ1v) is 9.91. The van der Waals surface area contributed by atoms with Crippen LogP contribution >= 0.6 is 11.3 Å². The van der Waals surface area contributed by atoms with Crippen LogP contribution in [-0.2, 0) is 17.6 Å². The molecule has 2 amide bonds. The van der Waals surface area contributed by atoms with Crippen molar-refractivity contribution in [2.24, 2.45) is 0 Å². The Bertz CT molecular complexity index is 952. The highest BCUT2D eigenvalue weighted by molar-refractivity contribution is 7.09. The average Bonchev–Trinajstić information content (AvgIpc) is 3.36. The third kappa shape index (κ3) is 3.93. The van der Waals surface area contributed by atoms with E-state index < -0.39 is 0 Å². The van der Waals surface area contributed by atoms with Crippen LogP contribution in [0.3, 0.4) is 0 Å². The van der Waals surface area contributed by atoms with Crippen molar-refractivity contribution in [3.05, 3.63) is 82.0 Å². The van der Waals surface area contributed by atoms with E-state index >= 15 is 0 Å². The van der Waals surface area contributed by atoms with Gasteiger partial charge in [-0.15, -0.1) is 11.3 Å². The Labute approximate surface area is 162 Å². The molecule has 0 unspecified atom stereocenters. The number of rotatable bonds is 5. The van der Waals surface area contributed by atoms with Crippen LogP contribution in [0, 0.1) is 0 Å². The molecule has 1 aromatic heterocycles. The van der Waals surface area contributed by atoms with Crippen molar-refractivity contribution in [2.45, 2.75) is 19.3 Å². The molecule has 1 N–H and O–H groups in total. The third-order valence-corrected chi connectivity index (χ3v) is 5.64. The van der Waals surface area contributed by atoms with Crippen LogP contribution < -0.4 is 10.2 Å². The predicted octanol–water partition coefficient (Wildman–Crippen LogP) is 4.52. The lowest BCUT2D eigenvalue weighted by Gasteiger charge is -2.17. The number of carbonyl (C=O) groups excluding carboxylic acids is 2. The zero-order valence-corrected chi connectivity index (χ0v) is 15.7. The fraction of sp³-hybridized carbons (Fsp3) is 0.182. The predicted molar refractivity (Wildman–Crippen MR) is 110 cm³/mol. The molecule has 0 saturated heterocycles. The van der Waals surface area contributed by atoms with Gasteiger partial charge in [0, 0.05) is 34.8 Å². The van der Waals surface area contributed by atoms with Crippen molar-refractivity contribution >= 4 is 34.5 Å². The molecule has 4 nitrogen and oxygen atoms in total. The van der Waals surface area contributed by atoms with Crippen LogP contribution in [0.2, 0.25) is 0 Å². The molecule has 1 aliphatic heterocycles. The highest BCUT2D eigenvalue weighted by Crippen LogP contribution is 2.31. The average molecular weight is 376 g/mol. The maximum atomic E-state index is 12.7. The SMILES string of the molecule is O=C(CCc1cccs1)Nc1ccc2c(c1)CCN2C(=O)c1ccccc1. The molecule has 2 heterocycles. The van der Waals surface area contributed by atoms with Crippen molar-refractivity contribution in [1.29, 1.82) is 0 Å². The first-order valence-electron chi connectivity index (χ1n) is 9.03. The smallest absolute Gasteiger partial charge is 0.258 e. The van der Waals surface area contributed by atoms with Gasteiger partial charge in [0.25, 0.3) is 5.91 Å². The van der Waals surface area contributed by atoms with Crippen LogP contribution in [-0.4, -0.2) is 18.4 Å². The summed E-state index contributed by atoms with van der Waals surface area (Å²) in [5.41, 5.74) is 3.51. The molecular weight excluding hydrogens is 356 g/mol. The van der Waals surface area contributed by atoms with Crippen LogP contribution in [0.5, 0.6) is 0 Å². The number of carbonyl (C=O) groups is 2. The van der Waals surface area contributed by atoms with Crippen molar-refractivity contribution in [2.75, 3.05) is 16.8 Å². The molecule has 0 aliphatic carbocycles. The van der Waals surface area contributed by atoms with Crippen molar-refractivity contribution in [3.63, 3.8) is 0 Å². The fourth-order valence-electron chi connectivity index (χ4n) is 3.34. The molecule has 0 bridgehead atoms. The van der Waals surface area contributed by atoms with Gasteiger partial charge in [0.05, 0.1) is 0 Å². The molecule has 3 aromatic rings. The van der Waals surface area contributed by atoms with Gasteiger partial charge in [0.1, 0.15) is 0 Å². The Morgan fingerprint density at radius 2 is 1.89 bits per heavy atom. The minimum atomic E-state index is 0.0126. The number of amides is 2. The Morgan fingerprint density at radius 1 is 1.04 bits per heavy atom. The van der Waals surface area contributed by atoms with Crippen molar-refractivity contribution in [1.82, 2.24) is 0 Å². The van der Waals surface area contributed by atoms with Gasteiger partial charge in [-0.3, -0.25) is 9.59 Å². The van der Waals surface area contributed by atoms with E-state index in [0.29, 0.717) is 18.5 Å². The number of thiophene rings is 1. The minimum Gasteiger partial charge on any atom is -0.326 e. The molecule has 0 atom stereocenters. The summed E-state index contributed by atoms with van der Waals surface area (Å²) < 4.78 is 0. The fourth-order valence-corrected chi connectivity index (χ4v) is 4.05. The summed E-state index contributed by atoms with van der Waals surface area (Å²) in [6.07, 6.45) is 2.02. The third-order valence-electron chi connectivity index (χ3n) is 4.70. The number of anilines is 2. The van der Waals surface area contributed by atoms with Crippen molar-refractivity contribution in [3.8, 4) is 0 Å². The van der Waals surface area contributed by atoms with Gasteiger partial charge in [-0.05, 0) is 60.2 Å². The van der Waals surface area contributed by atoms with Crippen molar-refractivity contribution < 1.29 is 9.59 Å². The number of hydrogen-bond acceptors (Lipinski definition) is 3. The molecule has 0 fully saturated rings. The second-order valence-electron chi connectivity index (χ2n) is 6.54. The molecule has 136 valence electrons. The number of aryl methyl sites for hydroxylation is 1. The van der Waals surface area contributed by atoms with E-state index in [1.807, 2.05) is 70.9 Å². The summed E-state index contributed by atoms with van der Waals surface area (Å²) in [7, 11) is 0. The maximum absolute atomic E-state index is 12.7. The molecule has 27 heavy (non-hydrogen) atoms. The largest absolute Gasteiger partial charge is 0.326 e. The Hall–Kier alpha value is -2.92. The summed E-state index contributed by atoms with van der Waals surface area (Å²) in [6.45, 7) is 0.666. The van der Waals surface area contributed by atoms with Gasteiger partial charge in [0.15, 0.2) is 0 Å². The molecule has 2 aromatic carbocycles. The van der Waals surface area contributed by atoms with E-state index in [4.69, 9.17) is 0 Å². The van der Waals surface area contributed by atoms with Crippen LogP contribution in [0.15, 0.2) is 66.0 Å². The normalized spacial score (nSPS) is 12.7. The van der Waals surface area contributed by atoms with E-state index in [1.165, 1.54) is 4.88 Å². The number of hydrogen-bond donors (Lipinski definition) is 1. The highest BCUT2D eigenvalue weighted by Gasteiger charge is 2.25. The van der Waals surface area contributed by atoms with Crippen LogP contribution in [0.4, 0.5) is 11.4 Å². The maximum Gasteiger partial charge on any atom is 0.258 e. The molecule has 0 saturated carbocycles. The minimum absolute atomic E-state index is 0.0126. The van der Waals surface area contributed by atoms with Gasteiger partial charge < -0.3 is 10.2 Å². The molecule has 5 heteroatoms. The monoisotopic (exact) mass is 376 g/mol. The lowest BCUT2D eigenvalue weighted by molar-refractivity contribution is -0.116. The summed E-state index contributed by atoms with van der Waals surface area (Å²) in [6, 6.07) is 19.2. The molecular formula is C22H20N2O2S. The quantitative estimate of drug-likeness (QED) is 0.712. The Morgan fingerprint density at radius 3 is 2.67 bits per heavy atom. The summed E-state index contributed by atoms with van der Waals surface area (Å²) in [5.74, 6) is 0.0284. The highest BCUT2D eigenvalue weighted by atomic mass is 32.1. The number of nitrogens with one attached hydrogen (secondary N) is 1. The standard InChI is InChI=1S/C22H20N2O2S/c25-21(11-9-19-7-4-14-27-19)23-18-8-10-20-17(15-18)12-13-24(20)22(26)16-5-2-1-3-6-16/h1-8,10,14-15H,9,11-13H2,(H,23,25). The van der Waals surface area contributed by atoms with E-state index in [1.54, 1.807) is 11.3 Å². The zero-order chi connectivity index (χ0) is 18.6. The van der Waals surface area contributed by atoms with Gasteiger partial charge in [-0.1, -0.05) is 24.3 Å². The zero-order valence-electron chi connectivity index (χ0n) is 14.9. The van der Waals surface area contributed by atoms with Gasteiger partial charge in [-0.2, -0.15) is 0 Å². The van der Waals surface area contributed by atoms with E-state index in [2.05, 4.69) is 5.32 Å². The summed E-state index contributed by atoms with van der Waals surface area (Å²) >= 11 is 1.67. The van der Waals surface area contributed by atoms with Crippen LogP contribution in [0.25, 0.3) is 0 Å². The summed E-state index contributed by atoms with van der Waals surface area (Å²) in [4.78, 5) is 28.0. The topological polar surface area (TPSA) is 49.4 Å². The second kappa shape index (κ2) is 7.76. The molecule has 4 rings (SSSR count). The molecule has 0 radical (unpaired) electrons. The van der Waals surface area contributed by atoms with Crippen LogP contribution in [0.1, 0.15) is 27.2 Å². The van der Waals surface area contributed by atoms with E-state index in [-0.39, 0.29) is 11.8 Å². The van der Waals surface area contributed by atoms with Gasteiger partial charge >= 0.3 is 0 Å². The lowest BCUT2D eigenvalue weighted by atomic mass is 10.1. The van der Waals surface area contributed by atoms with Gasteiger partial charge in [0.2, 0.25) is 5.91 Å². The Balaban J connectivity index is 1.42. The first kappa shape index (κ1) is 17.5. The number of fused-ring (bicyclic) bond motifs is 1. The number of benzene rings is 2.